The van der Waals surface area contributed by atoms with Crippen molar-refractivity contribution in [1.29, 1.82) is 0 Å². The number of hydrogen-bond donors (Lipinski definition) is 1. The van der Waals surface area contributed by atoms with Gasteiger partial charge < -0.3 is 19.5 Å². The van der Waals surface area contributed by atoms with Crippen LogP contribution in [0, 0.1) is 0 Å². The highest BCUT2D eigenvalue weighted by Gasteiger charge is 2.30. The Morgan fingerprint density at radius 1 is 1.67 bits per heavy atom. The summed E-state index contributed by atoms with van der Waals surface area (Å²) in [6, 6.07) is 4.80. The van der Waals surface area contributed by atoms with Crippen LogP contribution in [0.5, 0.6) is 5.75 Å². The first-order valence-corrected chi connectivity index (χ1v) is 7.81. The second-order valence-corrected chi connectivity index (χ2v) is 6.07. The average molecular weight is 379 g/mol. The fourth-order valence-corrected chi connectivity index (χ4v) is 2.92. The van der Waals surface area contributed by atoms with Gasteiger partial charge in [0.15, 0.2) is 6.10 Å². The smallest absolute Gasteiger partial charge is 0.263 e. The summed E-state index contributed by atoms with van der Waals surface area (Å²) in [6.07, 6.45) is -0.658. The monoisotopic (exact) mass is 377 g/mol. The van der Waals surface area contributed by atoms with E-state index in [0.29, 0.717) is 35.0 Å². The van der Waals surface area contributed by atoms with E-state index in [1.165, 1.54) is 0 Å². The van der Waals surface area contributed by atoms with Gasteiger partial charge in [-0.05, 0) is 41.1 Å². The Hall–Kier alpha value is -0.820. The summed E-state index contributed by atoms with van der Waals surface area (Å²) >= 11 is 9.23. The molecule has 7 heteroatoms. The van der Waals surface area contributed by atoms with Crippen molar-refractivity contribution in [3.8, 4) is 5.75 Å². The average Bonchev–Trinajstić information content (AvgIpc) is 2.49. The standard InChI is InChI=1S/C14H17BrClNO4/c1-9(21-13-3-2-10(16)6-12(13)15)14(19)17-4-5-20-8-11(17)7-18/h2-3,6,9,11,18H,4-5,7-8H2,1H3. The Morgan fingerprint density at radius 3 is 3.10 bits per heavy atom. The molecule has 2 rings (SSSR count). The zero-order valence-corrected chi connectivity index (χ0v) is 13.9. The van der Waals surface area contributed by atoms with Gasteiger partial charge in [0.1, 0.15) is 5.75 Å². The Bertz CT molecular complexity index is 514. The third kappa shape index (κ3) is 4.10. The maximum absolute atomic E-state index is 12.4. The number of halogens is 2. The van der Waals surface area contributed by atoms with Gasteiger partial charge in [-0.15, -0.1) is 0 Å². The number of nitrogens with zero attached hydrogens (tertiary/aromatic N) is 1. The van der Waals surface area contributed by atoms with Gasteiger partial charge in [0.25, 0.3) is 5.91 Å². The first kappa shape index (κ1) is 16.5. The molecule has 1 amide bonds. The predicted octanol–water partition coefficient (Wildman–Crippen LogP) is 2.09. The molecule has 21 heavy (non-hydrogen) atoms. The highest BCUT2D eigenvalue weighted by Crippen LogP contribution is 2.29. The van der Waals surface area contributed by atoms with E-state index in [4.69, 9.17) is 21.1 Å². The molecule has 0 aromatic heterocycles. The van der Waals surface area contributed by atoms with Crippen LogP contribution in [-0.4, -0.2) is 54.4 Å². The van der Waals surface area contributed by atoms with Crippen molar-refractivity contribution in [2.24, 2.45) is 0 Å². The van der Waals surface area contributed by atoms with Gasteiger partial charge in [-0.2, -0.15) is 0 Å². The van der Waals surface area contributed by atoms with Crippen LogP contribution in [0.1, 0.15) is 6.92 Å². The molecule has 1 aromatic carbocycles. The van der Waals surface area contributed by atoms with Crippen molar-refractivity contribution in [1.82, 2.24) is 4.90 Å². The predicted molar refractivity (Wildman–Crippen MR) is 82.6 cm³/mol. The number of amides is 1. The quantitative estimate of drug-likeness (QED) is 0.871. The van der Waals surface area contributed by atoms with Crippen molar-refractivity contribution in [2.75, 3.05) is 26.4 Å². The molecule has 0 aliphatic carbocycles. The molecule has 1 aliphatic heterocycles. The van der Waals surface area contributed by atoms with Gasteiger partial charge in [-0.25, -0.2) is 0 Å². The molecule has 116 valence electrons. The van der Waals surface area contributed by atoms with E-state index in [1.807, 2.05) is 0 Å². The van der Waals surface area contributed by atoms with Crippen LogP contribution in [0.25, 0.3) is 0 Å². The number of ether oxygens (including phenoxy) is 2. The van der Waals surface area contributed by atoms with Gasteiger partial charge in [-0.1, -0.05) is 11.6 Å². The van der Waals surface area contributed by atoms with E-state index in [9.17, 15) is 9.90 Å². The van der Waals surface area contributed by atoms with Crippen LogP contribution in [0.3, 0.4) is 0 Å². The van der Waals surface area contributed by atoms with Crippen LogP contribution in [0.2, 0.25) is 5.02 Å². The van der Waals surface area contributed by atoms with Crippen molar-refractivity contribution < 1.29 is 19.4 Å². The molecule has 1 fully saturated rings. The summed E-state index contributed by atoms with van der Waals surface area (Å²) < 4.78 is 11.6. The molecule has 0 radical (unpaired) electrons. The molecule has 2 unspecified atom stereocenters. The van der Waals surface area contributed by atoms with Gasteiger partial charge in [0, 0.05) is 11.6 Å². The molecule has 5 nitrogen and oxygen atoms in total. The molecule has 1 saturated heterocycles. The van der Waals surface area contributed by atoms with Crippen LogP contribution >= 0.6 is 27.5 Å². The fraction of sp³-hybridized carbons (Fsp3) is 0.500. The molecule has 1 heterocycles. The van der Waals surface area contributed by atoms with Crippen LogP contribution in [0.4, 0.5) is 0 Å². The number of carbonyl (C=O) groups is 1. The first-order valence-electron chi connectivity index (χ1n) is 6.63. The summed E-state index contributed by atoms with van der Waals surface area (Å²) in [5.41, 5.74) is 0. The lowest BCUT2D eigenvalue weighted by Crippen LogP contribution is -2.54. The molecule has 0 bridgehead atoms. The molecular weight excluding hydrogens is 362 g/mol. The number of rotatable bonds is 4. The third-order valence-electron chi connectivity index (χ3n) is 3.27. The minimum Gasteiger partial charge on any atom is -0.480 e. The van der Waals surface area contributed by atoms with E-state index < -0.39 is 6.10 Å². The van der Waals surface area contributed by atoms with Gasteiger partial charge in [0.2, 0.25) is 0 Å². The van der Waals surface area contributed by atoms with E-state index >= 15 is 0 Å². The zero-order chi connectivity index (χ0) is 15.4. The van der Waals surface area contributed by atoms with Crippen LogP contribution in [0.15, 0.2) is 22.7 Å². The lowest BCUT2D eigenvalue weighted by molar-refractivity contribution is -0.148. The largest absolute Gasteiger partial charge is 0.480 e. The Morgan fingerprint density at radius 2 is 2.43 bits per heavy atom. The number of carbonyl (C=O) groups excluding carboxylic acids is 1. The molecule has 0 spiro atoms. The lowest BCUT2D eigenvalue weighted by atomic mass is 10.2. The van der Waals surface area contributed by atoms with E-state index in [-0.39, 0.29) is 18.6 Å². The van der Waals surface area contributed by atoms with Crippen molar-refractivity contribution >= 4 is 33.4 Å². The fourth-order valence-electron chi connectivity index (χ4n) is 2.14. The minimum absolute atomic E-state index is 0.122. The molecule has 1 aromatic rings. The van der Waals surface area contributed by atoms with Gasteiger partial charge in [-0.3, -0.25) is 4.79 Å². The topological polar surface area (TPSA) is 59.0 Å². The normalized spacial score (nSPS) is 20.2. The Labute approximate surface area is 136 Å². The highest BCUT2D eigenvalue weighted by molar-refractivity contribution is 9.10. The number of hydrogen-bond acceptors (Lipinski definition) is 4. The lowest BCUT2D eigenvalue weighted by Gasteiger charge is -2.36. The number of aliphatic hydroxyl groups is 1. The van der Waals surface area contributed by atoms with Crippen molar-refractivity contribution in [2.45, 2.75) is 19.1 Å². The zero-order valence-electron chi connectivity index (χ0n) is 11.6. The number of benzene rings is 1. The van der Waals surface area contributed by atoms with Crippen molar-refractivity contribution in [3.63, 3.8) is 0 Å². The van der Waals surface area contributed by atoms with Crippen LogP contribution < -0.4 is 4.74 Å². The highest BCUT2D eigenvalue weighted by atomic mass is 79.9. The van der Waals surface area contributed by atoms with Gasteiger partial charge >= 0.3 is 0 Å². The van der Waals surface area contributed by atoms with Gasteiger partial charge in [0.05, 0.1) is 30.3 Å². The molecular formula is C14H17BrClNO4. The SMILES string of the molecule is CC(Oc1ccc(Cl)cc1Br)C(=O)N1CCOCC1CO. The molecule has 2 atom stereocenters. The first-order chi connectivity index (χ1) is 10.0. The van der Waals surface area contributed by atoms with E-state index in [2.05, 4.69) is 15.9 Å². The Balaban J connectivity index is 2.04. The maximum Gasteiger partial charge on any atom is 0.263 e. The third-order valence-corrected chi connectivity index (χ3v) is 4.12. The summed E-state index contributed by atoms with van der Waals surface area (Å²) in [7, 11) is 0. The maximum atomic E-state index is 12.4. The van der Waals surface area contributed by atoms with E-state index in [1.54, 1.807) is 30.0 Å². The second-order valence-electron chi connectivity index (χ2n) is 4.78. The summed E-state index contributed by atoms with van der Waals surface area (Å²) in [6.45, 7) is 2.84. The summed E-state index contributed by atoms with van der Waals surface area (Å²) in [4.78, 5) is 14.1. The molecule has 1 N–H and O–H groups in total. The van der Waals surface area contributed by atoms with Crippen molar-refractivity contribution in [3.05, 3.63) is 27.7 Å². The second kappa shape index (κ2) is 7.45. The minimum atomic E-state index is -0.658. The number of morpholine rings is 1. The van der Waals surface area contributed by atoms with Crippen LogP contribution in [-0.2, 0) is 9.53 Å². The molecule has 0 saturated carbocycles. The summed E-state index contributed by atoms with van der Waals surface area (Å²) in [5.74, 6) is 0.383. The summed E-state index contributed by atoms with van der Waals surface area (Å²) in [5, 5.41) is 9.90. The Kier molecular flexibility index (Phi) is 5.87. The number of aliphatic hydroxyl groups excluding tert-OH is 1. The molecule has 1 aliphatic rings. The van der Waals surface area contributed by atoms with E-state index in [0.717, 1.165) is 0 Å².